The van der Waals surface area contributed by atoms with Crippen molar-refractivity contribution in [2.45, 2.75) is 18.2 Å². The normalized spacial score (nSPS) is 11.4. The van der Waals surface area contributed by atoms with Gasteiger partial charge in [0.1, 0.15) is 5.76 Å². The van der Waals surface area contributed by atoms with Gasteiger partial charge in [0.25, 0.3) is 5.91 Å². The van der Waals surface area contributed by atoms with Crippen LogP contribution >= 0.6 is 0 Å². The second-order valence-corrected chi connectivity index (χ2v) is 9.78. The number of benzene rings is 3. The largest absolute Gasteiger partial charge is 0.455 e. The minimum atomic E-state index is -3.42. The van der Waals surface area contributed by atoms with Gasteiger partial charge in [0.05, 0.1) is 21.6 Å². The van der Waals surface area contributed by atoms with E-state index in [1.807, 2.05) is 30.3 Å². The van der Waals surface area contributed by atoms with Crippen LogP contribution in [-0.2, 0) is 9.84 Å². The van der Waals surface area contributed by atoms with Gasteiger partial charge in [0, 0.05) is 17.7 Å². The zero-order valence-corrected chi connectivity index (χ0v) is 18.9. The average Bonchev–Trinajstić information content (AvgIpc) is 2.84. The molecule has 0 aliphatic heterocycles. The van der Waals surface area contributed by atoms with Crippen LogP contribution in [0.5, 0.6) is 0 Å². The summed E-state index contributed by atoms with van der Waals surface area (Å²) in [5.41, 5.74) is 1.46. The third kappa shape index (κ3) is 4.73. The monoisotopic (exact) mass is 461 g/mol. The zero-order valence-electron chi connectivity index (χ0n) is 18.1. The van der Waals surface area contributed by atoms with Gasteiger partial charge < -0.3 is 9.73 Å². The Morgan fingerprint density at radius 1 is 0.909 bits per heavy atom. The number of carbonyl (C=O) groups is 1. The molecule has 0 unspecified atom stereocenters. The summed E-state index contributed by atoms with van der Waals surface area (Å²) in [5, 5.41) is 3.07. The minimum absolute atomic E-state index is 0.0841. The summed E-state index contributed by atoms with van der Waals surface area (Å²) in [5.74, 6) is -0.0924. The van der Waals surface area contributed by atoms with Gasteiger partial charge in [-0.25, -0.2) is 8.42 Å². The molecule has 0 saturated heterocycles. The van der Waals surface area contributed by atoms with Gasteiger partial charge in [-0.1, -0.05) is 54.6 Å². The highest BCUT2D eigenvalue weighted by Crippen LogP contribution is 2.27. The van der Waals surface area contributed by atoms with Crippen molar-refractivity contribution < 1.29 is 17.6 Å². The topological polar surface area (TPSA) is 93.4 Å². The number of amides is 1. The predicted molar refractivity (Wildman–Crippen MR) is 128 cm³/mol. The maximum atomic E-state index is 12.9. The summed E-state index contributed by atoms with van der Waals surface area (Å²) in [7, 11) is -3.42. The van der Waals surface area contributed by atoms with Crippen molar-refractivity contribution in [2.75, 3.05) is 12.3 Å². The molecule has 168 valence electrons. The zero-order chi connectivity index (χ0) is 23.4. The van der Waals surface area contributed by atoms with Crippen molar-refractivity contribution in [1.82, 2.24) is 5.32 Å². The third-order valence-electron chi connectivity index (χ3n) is 5.40. The second kappa shape index (κ2) is 9.42. The van der Waals surface area contributed by atoms with Crippen LogP contribution in [0.3, 0.4) is 0 Å². The molecule has 0 aliphatic carbocycles. The Labute approximate surface area is 191 Å². The van der Waals surface area contributed by atoms with Gasteiger partial charge >= 0.3 is 0 Å². The molecule has 0 radical (unpaired) electrons. The molecule has 0 spiro atoms. The van der Waals surface area contributed by atoms with Crippen molar-refractivity contribution in [2.24, 2.45) is 0 Å². The molecule has 7 heteroatoms. The molecule has 1 aromatic heterocycles. The molecular formula is C26H23NO5S. The number of fused-ring (bicyclic) bond motifs is 1. The molecule has 1 amide bonds. The minimum Gasteiger partial charge on any atom is -0.455 e. The van der Waals surface area contributed by atoms with E-state index in [2.05, 4.69) is 5.32 Å². The highest BCUT2D eigenvalue weighted by Gasteiger charge is 2.19. The van der Waals surface area contributed by atoms with Crippen LogP contribution in [0.25, 0.3) is 22.3 Å². The van der Waals surface area contributed by atoms with Crippen LogP contribution in [0.4, 0.5) is 0 Å². The Morgan fingerprint density at radius 3 is 2.27 bits per heavy atom. The maximum Gasteiger partial charge on any atom is 0.255 e. The van der Waals surface area contributed by atoms with E-state index in [4.69, 9.17) is 4.42 Å². The molecule has 1 heterocycles. The van der Waals surface area contributed by atoms with E-state index in [-0.39, 0.29) is 40.2 Å². The summed E-state index contributed by atoms with van der Waals surface area (Å²) in [4.78, 5) is 26.1. The van der Waals surface area contributed by atoms with E-state index in [1.54, 1.807) is 55.5 Å². The SMILES string of the molecule is Cc1c(-c2ccccc2)oc2c(C(=O)NCCCS(=O)(=O)c3ccccc3)cccc2c1=O. The highest BCUT2D eigenvalue weighted by atomic mass is 32.2. The Morgan fingerprint density at radius 2 is 1.58 bits per heavy atom. The van der Waals surface area contributed by atoms with Crippen molar-refractivity contribution in [1.29, 1.82) is 0 Å². The van der Waals surface area contributed by atoms with E-state index >= 15 is 0 Å². The first-order valence-corrected chi connectivity index (χ1v) is 12.2. The molecule has 4 rings (SSSR count). The lowest BCUT2D eigenvalue weighted by Gasteiger charge is -2.11. The molecule has 0 aliphatic rings. The second-order valence-electron chi connectivity index (χ2n) is 7.67. The molecule has 0 saturated carbocycles. The first kappa shape index (κ1) is 22.5. The van der Waals surface area contributed by atoms with Crippen molar-refractivity contribution in [3.8, 4) is 11.3 Å². The number of para-hydroxylation sites is 1. The summed E-state index contributed by atoms with van der Waals surface area (Å²) in [6.07, 6.45) is 0.256. The molecule has 0 fully saturated rings. The van der Waals surface area contributed by atoms with Crippen molar-refractivity contribution >= 4 is 26.7 Å². The Balaban J connectivity index is 1.55. The van der Waals surface area contributed by atoms with Gasteiger partial charge in [-0.15, -0.1) is 0 Å². The van der Waals surface area contributed by atoms with Crippen LogP contribution < -0.4 is 10.7 Å². The van der Waals surface area contributed by atoms with Crippen molar-refractivity contribution in [3.63, 3.8) is 0 Å². The predicted octanol–water partition coefficient (Wildman–Crippen LogP) is 4.36. The van der Waals surface area contributed by atoms with Crippen LogP contribution in [-0.4, -0.2) is 26.6 Å². The van der Waals surface area contributed by atoms with Crippen molar-refractivity contribution in [3.05, 3.63) is 100 Å². The molecular weight excluding hydrogens is 438 g/mol. The third-order valence-corrected chi connectivity index (χ3v) is 7.22. The molecule has 0 bridgehead atoms. The van der Waals surface area contributed by atoms with Gasteiger partial charge in [-0.05, 0) is 37.6 Å². The lowest BCUT2D eigenvalue weighted by atomic mass is 10.0. The van der Waals surface area contributed by atoms with E-state index in [0.717, 1.165) is 5.56 Å². The maximum absolute atomic E-state index is 12.9. The molecule has 6 nitrogen and oxygen atoms in total. The number of hydrogen-bond acceptors (Lipinski definition) is 5. The van der Waals surface area contributed by atoms with Crippen LogP contribution in [0.1, 0.15) is 22.3 Å². The first-order valence-electron chi connectivity index (χ1n) is 10.6. The van der Waals surface area contributed by atoms with Crippen LogP contribution in [0, 0.1) is 6.92 Å². The number of nitrogens with one attached hydrogen (secondary N) is 1. The van der Waals surface area contributed by atoms with Gasteiger partial charge in [0.15, 0.2) is 20.8 Å². The highest BCUT2D eigenvalue weighted by molar-refractivity contribution is 7.91. The van der Waals surface area contributed by atoms with Gasteiger partial charge in [-0.2, -0.15) is 0 Å². The average molecular weight is 462 g/mol. The smallest absolute Gasteiger partial charge is 0.255 e. The molecule has 33 heavy (non-hydrogen) atoms. The quantitative estimate of drug-likeness (QED) is 0.413. The van der Waals surface area contributed by atoms with E-state index in [1.165, 1.54) is 0 Å². The van der Waals surface area contributed by atoms with Crippen LogP contribution in [0.15, 0.2) is 93.0 Å². The summed E-state index contributed by atoms with van der Waals surface area (Å²) in [6, 6.07) is 22.3. The van der Waals surface area contributed by atoms with E-state index < -0.39 is 15.7 Å². The fourth-order valence-electron chi connectivity index (χ4n) is 3.66. The number of hydrogen-bond donors (Lipinski definition) is 1. The lowest BCUT2D eigenvalue weighted by Crippen LogP contribution is -2.26. The fourth-order valence-corrected chi connectivity index (χ4v) is 4.99. The van der Waals surface area contributed by atoms with Gasteiger partial charge in [-0.3, -0.25) is 9.59 Å². The summed E-state index contributed by atoms with van der Waals surface area (Å²) in [6.45, 7) is 1.87. The number of carbonyl (C=O) groups excluding carboxylic acids is 1. The summed E-state index contributed by atoms with van der Waals surface area (Å²) < 4.78 is 30.9. The van der Waals surface area contributed by atoms with E-state index in [0.29, 0.717) is 16.7 Å². The molecule has 4 aromatic rings. The van der Waals surface area contributed by atoms with Gasteiger partial charge in [0.2, 0.25) is 0 Å². The molecule has 1 N–H and O–H groups in total. The Kier molecular flexibility index (Phi) is 6.42. The number of sulfone groups is 1. The summed E-state index contributed by atoms with van der Waals surface area (Å²) >= 11 is 0. The Bertz CT molecular complexity index is 1460. The fraction of sp³-hybridized carbons (Fsp3) is 0.154. The number of rotatable bonds is 7. The standard InChI is InChI=1S/C26H23NO5S/c1-18-23(28)21-14-8-15-22(25(21)32-24(18)19-10-4-2-5-11-19)26(29)27-16-9-17-33(30,31)20-12-6-3-7-13-20/h2-8,10-15H,9,16-17H2,1H3,(H,27,29). The van der Waals surface area contributed by atoms with Crippen LogP contribution in [0.2, 0.25) is 0 Å². The molecule has 0 atom stereocenters. The van der Waals surface area contributed by atoms with E-state index in [9.17, 15) is 18.0 Å². The first-order chi connectivity index (χ1) is 15.9. The Hall–Kier alpha value is -3.71. The molecule has 3 aromatic carbocycles. The lowest BCUT2D eigenvalue weighted by molar-refractivity contribution is 0.0954.